The first-order chi connectivity index (χ1) is 26.2. The summed E-state index contributed by atoms with van der Waals surface area (Å²) >= 11 is 0. The number of hydrogen-bond donors (Lipinski definition) is 0. The first kappa shape index (κ1) is 29.6. The summed E-state index contributed by atoms with van der Waals surface area (Å²) in [6.45, 7) is 0. The van der Waals surface area contributed by atoms with Crippen molar-refractivity contribution < 1.29 is 0 Å². The minimum absolute atomic E-state index is 0.0126. The quantitative estimate of drug-likeness (QED) is 0.175. The molecule has 4 heterocycles. The molecule has 9 aromatic rings. The van der Waals surface area contributed by atoms with Gasteiger partial charge in [-0.05, 0) is 58.0 Å². The molecule has 0 saturated carbocycles. The van der Waals surface area contributed by atoms with Crippen LogP contribution in [0.25, 0.3) is 49.9 Å². The van der Waals surface area contributed by atoms with Crippen molar-refractivity contribution in [3.8, 4) is 28.2 Å². The molecule has 0 bridgehead atoms. The Bertz CT molecular complexity index is 2880. The molecule has 2 aliphatic rings. The van der Waals surface area contributed by atoms with Crippen LogP contribution in [0.4, 0.5) is 17.3 Å². The van der Waals surface area contributed by atoms with Gasteiger partial charge in [-0.15, -0.1) is 0 Å². The lowest BCUT2D eigenvalue weighted by atomic mass is 9.60. The van der Waals surface area contributed by atoms with E-state index in [1.54, 1.807) is 0 Å². The lowest BCUT2D eigenvalue weighted by molar-refractivity contribution is 0.707. The van der Waals surface area contributed by atoms with Crippen molar-refractivity contribution in [2.75, 3.05) is 4.90 Å². The van der Waals surface area contributed by atoms with Gasteiger partial charge in [-0.25, -0.2) is 9.97 Å². The second-order valence-electron chi connectivity index (χ2n) is 13.7. The molecule has 0 atom stereocenters. The SMILES string of the molecule is O=c1c2ccccc2c2cccc3c2n1-c1ccccc1C31c2ccccc2N(c2nc(-c3ccccc3)cc(-c3ccccc3)n2)c2ccccc21. The van der Waals surface area contributed by atoms with E-state index in [0.29, 0.717) is 11.3 Å². The Kier molecular flexibility index (Phi) is 6.25. The fourth-order valence-corrected chi connectivity index (χ4v) is 8.88. The van der Waals surface area contributed by atoms with Gasteiger partial charge in [0.05, 0.1) is 39.4 Å². The molecule has 2 aliphatic heterocycles. The Morgan fingerprint density at radius 1 is 0.415 bits per heavy atom. The standard InChI is InChI=1S/C48H30N4O/c53-46-35-21-8-7-20-33(35)34-22-15-26-39-45(34)52(46)44-29-14-11-25-38(44)48(39)36-23-9-12-27-42(36)51(43-28-13-10-24-37(43)48)47-49-40(31-16-3-1-4-17-31)30-41(50-47)32-18-5-2-6-19-32/h1-30H. The maximum atomic E-state index is 14.6. The van der Waals surface area contributed by atoms with E-state index in [4.69, 9.17) is 9.97 Å². The average molecular weight is 679 g/mol. The van der Waals surface area contributed by atoms with E-state index in [9.17, 15) is 4.79 Å². The van der Waals surface area contributed by atoms with E-state index in [-0.39, 0.29) is 5.56 Å². The number of benzene rings is 7. The van der Waals surface area contributed by atoms with Crippen molar-refractivity contribution in [1.82, 2.24) is 14.5 Å². The Labute approximate surface area is 305 Å². The van der Waals surface area contributed by atoms with Crippen LogP contribution >= 0.6 is 0 Å². The number of aromatic nitrogens is 3. The van der Waals surface area contributed by atoms with Crippen LogP contribution in [0.5, 0.6) is 0 Å². The Hall–Kier alpha value is -7.11. The molecule has 2 aromatic heterocycles. The van der Waals surface area contributed by atoms with Gasteiger partial charge in [-0.2, -0.15) is 0 Å². The summed E-state index contributed by atoms with van der Waals surface area (Å²) in [5.74, 6) is 0.588. The molecule has 0 fully saturated rings. The largest absolute Gasteiger partial charge is 0.278 e. The molecule has 1 spiro atoms. The molecule has 0 saturated heterocycles. The lowest BCUT2D eigenvalue weighted by Crippen LogP contribution is -2.42. The monoisotopic (exact) mass is 678 g/mol. The van der Waals surface area contributed by atoms with E-state index in [2.05, 4.69) is 126 Å². The van der Waals surface area contributed by atoms with Gasteiger partial charge in [-0.1, -0.05) is 152 Å². The van der Waals surface area contributed by atoms with Crippen molar-refractivity contribution >= 4 is 39.0 Å². The smallest absolute Gasteiger partial charge is 0.263 e. The highest BCUT2D eigenvalue weighted by Crippen LogP contribution is 2.60. The van der Waals surface area contributed by atoms with E-state index >= 15 is 0 Å². The fourth-order valence-electron chi connectivity index (χ4n) is 8.88. The molecule has 0 amide bonds. The highest BCUT2D eigenvalue weighted by molar-refractivity contribution is 6.09. The Morgan fingerprint density at radius 3 is 1.47 bits per heavy atom. The van der Waals surface area contributed by atoms with Crippen molar-refractivity contribution in [3.63, 3.8) is 0 Å². The fraction of sp³-hybridized carbons (Fsp3) is 0.0208. The van der Waals surface area contributed by atoms with Crippen LogP contribution in [0.1, 0.15) is 22.3 Å². The Balaban J connectivity index is 1.27. The summed E-state index contributed by atoms with van der Waals surface area (Å²) in [5.41, 5.74) is 11.1. The van der Waals surface area contributed by atoms with Crippen molar-refractivity contribution in [3.05, 3.63) is 215 Å². The second-order valence-corrected chi connectivity index (χ2v) is 13.7. The van der Waals surface area contributed by atoms with Crippen molar-refractivity contribution in [2.24, 2.45) is 0 Å². The number of pyridine rings is 1. The first-order valence-corrected chi connectivity index (χ1v) is 17.9. The summed E-state index contributed by atoms with van der Waals surface area (Å²) in [5, 5.41) is 2.72. The van der Waals surface area contributed by atoms with Crippen LogP contribution in [0, 0.1) is 0 Å². The molecule has 7 aromatic carbocycles. The number of rotatable bonds is 3. The molecule has 0 unspecified atom stereocenters. The molecule has 0 radical (unpaired) electrons. The van der Waals surface area contributed by atoms with Crippen LogP contribution in [-0.2, 0) is 5.41 Å². The third kappa shape index (κ3) is 4.04. The summed E-state index contributed by atoms with van der Waals surface area (Å²) in [6.07, 6.45) is 0. The summed E-state index contributed by atoms with van der Waals surface area (Å²) in [7, 11) is 0. The van der Waals surface area contributed by atoms with Gasteiger partial charge in [0.2, 0.25) is 5.95 Å². The maximum Gasteiger partial charge on any atom is 0.263 e. The second kappa shape index (κ2) is 11.2. The molecular formula is C48H30N4O. The summed E-state index contributed by atoms with van der Waals surface area (Å²) < 4.78 is 1.95. The molecule has 5 nitrogen and oxygen atoms in total. The van der Waals surface area contributed by atoms with Crippen LogP contribution < -0.4 is 10.5 Å². The van der Waals surface area contributed by atoms with Gasteiger partial charge < -0.3 is 0 Å². The predicted octanol–water partition coefficient (Wildman–Crippen LogP) is 10.7. The predicted molar refractivity (Wildman–Crippen MR) is 214 cm³/mol. The summed E-state index contributed by atoms with van der Waals surface area (Å²) in [4.78, 5) is 27.4. The summed E-state index contributed by atoms with van der Waals surface area (Å²) in [6, 6.07) is 62.8. The third-order valence-corrected chi connectivity index (χ3v) is 11.0. The number of nitrogens with zero attached hydrogens (tertiary/aromatic N) is 4. The van der Waals surface area contributed by atoms with E-state index in [0.717, 1.165) is 78.1 Å². The van der Waals surface area contributed by atoms with E-state index < -0.39 is 5.41 Å². The van der Waals surface area contributed by atoms with Gasteiger partial charge in [0, 0.05) is 21.9 Å². The molecule has 0 aliphatic carbocycles. The van der Waals surface area contributed by atoms with Crippen LogP contribution in [0.3, 0.4) is 0 Å². The van der Waals surface area contributed by atoms with Crippen LogP contribution in [-0.4, -0.2) is 14.5 Å². The zero-order chi connectivity index (χ0) is 35.1. The molecule has 5 heteroatoms. The van der Waals surface area contributed by atoms with Crippen LogP contribution in [0.15, 0.2) is 187 Å². The van der Waals surface area contributed by atoms with Crippen LogP contribution in [0.2, 0.25) is 0 Å². The topological polar surface area (TPSA) is 51.0 Å². The van der Waals surface area contributed by atoms with Crippen molar-refractivity contribution in [2.45, 2.75) is 5.41 Å². The number of fused-ring (bicyclic) bond motifs is 10. The minimum Gasteiger partial charge on any atom is -0.278 e. The zero-order valence-corrected chi connectivity index (χ0v) is 28.5. The van der Waals surface area contributed by atoms with E-state index in [1.807, 2.05) is 65.2 Å². The average Bonchev–Trinajstić information content (AvgIpc) is 3.23. The molecule has 11 rings (SSSR count). The molecule has 248 valence electrons. The highest BCUT2D eigenvalue weighted by Gasteiger charge is 2.51. The Morgan fingerprint density at radius 2 is 0.868 bits per heavy atom. The normalized spacial score (nSPS) is 13.5. The number of para-hydroxylation sites is 4. The van der Waals surface area contributed by atoms with Gasteiger partial charge in [0.15, 0.2) is 0 Å². The van der Waals surface area contributed by atoms with Gasteiger partial charge in [0.1, 0.15) is 0 Å². The van der Waals surface area contributed by atoms with Gasteiger partial charge >= 0.3 is 0 Å². The molecule has 0 N–H and O–H groups in total. The number of anilines is 3. The van der Waals surface area contributed by atoms with Gasteiger partial charge in [0.25, 0.3) is 5.56 Å². The molecule has 53 heavy (non-hydrogen) atoms. The first-order valence-electron chi connectivity index (χ1n) is 17.9. The van der Waals surface area contributed by atoms with E-state index in [1.165, 1.54) is 0 Å². The third-order valence-electron chi connectivity index (χ3n) is 11.0. The maximum absolute atomic E-state index is 14.6. The lowest BCUT2D eigenvalue weighted by Gasteiger charge is -2.48. The van der Waals surface area contributed by atoms with Crippen molar-refractivity contribution in [1.29, 1.82) is 0 Å². The highest BCUT2D eigenvalue weighted by atomic mass is 16.1. The zero-order valence-electron chi connectivity index (χ0n) is 28.5. The number of hydrogen-bond acceptors (Lipinski definition) is 4. The molecular weight excluding hydrogens is 649 g/mol. The van der Waals surface area contributed by atoms with Gasteiger partial charge in [-0.3, -0.25) is 14.3 Å². The minimum atomic E-state index is -0.756.